The number of hydrogen-bond acceptors (Lipinski definition) is 1. The van der Waals surface area contributed by atoms with Gasteiger partial charge in [0.05, 0.1) is 0 Å². The Morgan fingerprint density at radius 1 is 1.36 bits per heavy atom. The highest BCUT2D eigenvalue weighted by molar-refractivity contribution is 5.75. The maximum absolute atomic E-state index is 11.8. The zero-order valence-corrected chi connectivity index (χ0v) is 9.12. The van der Waals surface area contributed by atoms with E-state index in [-0.39, 0.29) is 6.03 Å². The molecule has 0 radical (unpaired) electrons. The predicted molar refractivity (Wildman–Crippen MR) is 56.1 cm³/mol. The van der Waals surface area contributed by atoms with E-state index in [1.54, 1.807) is 0 Å². The lowest BCUT2D eigenvalue weighted by atomic mass is 10.0. The van der Waals surface area contributed by atoms with Crippen LogP contribution in [-0.2, 0) is 0 Å². The summed E-state index contributed by atoms with van der Waals surface area (Å²) in [5.74, 6) is 0.586. The third kappa shape index (κ3) is 2.02. The van der Waals surface area contributed by atoms with E-state index >= 15 is 0 Å². The van der Waals surface area contributed by atoms with Gasteiger partial charge < -0.3 is 10.2 Å². The Labute approximate surface area is 85.8 Å². The number of rotatable bonds is 2. The predicted octanol–water partition coefficient (Wildman–Crippen LogP) is 1.98. The monoisotopic (exact) mass is 196 g/mol. The number of carbonyl (C=O) groups excluding carboxylic acids is 1. The third-order valence-electron chi connectivity index (χ3n) is 3.23. The smallest absolute Gasteiger partial charge is 0.317 e. The molecule has 1 heterocycles. The molecule has 2 fully saturated rings. The van der Waals surface area contributed by atoms with Gasteiger partial charge >= 0.3 is 6.03 Å². The highest BCUT2D eigenvalue weighted by Crippen LogP contribution is 2.25. The van der Waals surface area contributed by atoms with Crippen LogP contribution in [0.2, 0.25) is 0 Å². The summed E-state index contributed by atoms with van der Waals surface area (Å²) in [4.78, 5) is 13.9. The van der Waals surface area contributed by atoms with Gasteiger partial charge in [-0.15, -0.1) is 0 Å². The van der Waals surface area contributed by atoms with Crippen LogP contribution in [0.5, 0.6) is 0 Å². The van der Waals surface area contributed by atoms with Crippen molar-refractivity contribution in [2.75, 3.05) is 6.54 Å². The van der Waals surface area contributed by atoms with Gasteiger partial charge in [-0.05, 0) is 31.6 Å². The molecule has 2 rings (SSSR count). The van der Waals surface area contributed by atoms with Gasteiger partial charge in [-0.3, -0.25) is 0 Å². The lowest BCUT2D eigenvalue weighted by Gasteiger charge is -2.27. The van der Waals surface area contributed by atoms with Crippen LogP contribution in [0.3, 0.4) is 0 Å². The minimum absolute atomic E-state index is 0.170. The maximum Gasteiger partial charge on any atom is 0.317 e. The summed E-state index contributed by atoms with van der Waals surface area (Å²) in [6.45, 7) is 5.35. The van der Waals surface area contributed by atoms with Crippen LogP contribution in [0.25, 0.3) is 0 Å². The van der Waals surface area contributed by atoms with E-state index in [2.05, 4.69) is 19.2 Å². The van der Waals surface area contributed by atoms with Crippen LogP contribution in [0.4, 0.5) is 4.79 Å². The zero-order chi connectivity index (χ0) is 10.1. The normalized spacial score (nSPS) is 27.1. The first-order valence-electron chi connectivity index (χ1n) is 5.75. The van der Waals surface area contributed by atoms with E-state index in [1.165, 1.54) is 25.7 Å². The van der Waals surface area contributed by atoms with Gasteiger partial charge in [0, 0.05) is 18.6 Å². The van der Waals surface area contributed by atoms with Crippen molar-refractivity contribution in [3.8, 4) is 0 Å². The van der Waals surface area contributed by atoms with Crippen molar-refractivity contribution in [3.05, 3.63) is 0 Å². The molecule has 1 unspecified atom stereocenters. The van der Waals surface area contributed by atoms with Gasteiger partial charge in [0.25, 0.3) is 0 Å². The molecule has 2 amide bonds. The molecule has 3 nitrogen and oxygen atoms in total. The summed E-state index contributed by atoms with van der Waals surface area (Å²) in [5, 5.41) is 3.07. The number of urea groups is 1. The summed E-state index contributed by atoms with van der Waals surface area (Å²) in [5.41, 5.74) is 0. The minimum Gasteiger partial charge on any atom is -0.335 e. The van der Waals surface area contributed by atoms with E-state index in [4.69, 9.17) is 0 Å². The topological polar surface area (TPSA) is 32.3 Å². The van der Waals surface area contributed by atoms with Gasteiger partial charge in [-0.25, -0.2) is 4.79 Å². The van der Waals surface area contributed by atoms with Crippen molar-refractivity contribution in [1.29, 1.82) is 0 Å². The second-order valence-electron chi connectivity index (χ2n) is 4.87. The van der Waals surface area contributed by atoms with E-state index in [0.29, 0.717) is 18.0 Å². The molecule has 14 heavy (non-hydrogen) atoms. The second-order valence-corrected chi connectivity index (χ2v) is 4.87. The van der Waals surface area contributed by atoms with E-state index in [1.807, 2.05) is 4.90 Å². The van der Waals surface area contributed by atoms with Crippen molar-refractivity contribution in [2.45, 2.75) is 51.6 Å². The molecule has 0 aromatic carbocycles. The molecule has 0 bridgehead atoms. The fourth-order valence-electron chi connectivity index (χ4n) is 2.22. The van der Waals surface area contributed by atoms with Gasteiger partial charge in [-0.2, -0.15) is 0 Å². The molecule has 1 aliphatic heterocycles. The molecule has 2 aliphatic rings. The molecular formula is C11H20N2O. The first kappa shape index (κ1) is 9.81. The largest absolute Gasteiger partial charge is 0.335 e. The highest BCUT2D eigenvalue weighted by Gasteiger charge is 2.33. The Morgan fingerprint density at radius 2 is 2.07 bits per heavy atom. The molecule has 1 saturated heterocycles. The average Bonchev–Trinajstić information content (AvgIpc) is 2.81. The molecule has 1 atom stereocenters. The van der Waals surface area contributed by atoms with Crippen molar-refractivity contribution in [2.24, 2.45) is 5.92 Å². The van der Waals surface area contributed by atoms with Gasteiger partial charge in [0.1, 0.15) is 0 Å². The molecule has 1 saturated carbocycles. The van der Waals surface area contributed by atoms with Gasteiger partial charge in [0.15, 0.2) is 0 Å². The standard InChI is InChI=1S/C11H20N2O/c1-8(2)10-4-3-7-13(10)11(14)12-9-5-6-9/h8-10H,3-7H2,1-2H3,(H,12,14). The number of amides is 2. The van der Waals surface area contributed by atoms with Crippen LogP contribution in [0.15, 0.2) is 0 Å². The first-order valence-corrected chi connectivity index (χ1v) is 5.75. The Morgan fingerprint density at radius 3 is 2.64 bits per heavy atom. The van der Waals surface area contributed by atoms with Crippen molar-refractivity contribution >= 4 is 6.03 Å². The highest BCUT2D eigenvalue weighted by atomic mass is 16.2. The molecule has 0 spiro atoms. The molecule has 3 heteroatoms. The van der Waals surface area contributed by atoms with Crippen LogP contribution < -0.4 is 5.32 Å². The van der Waals surface area contributed by atoms with Crippen LogP contribution in [0, 0.1) is 5.92 Å². The van der Waals surface area contributed by atoms with Gasteiger partial charge in [0.2, 0.25) is 0 Å². The fraction of sp³-hybridized carbons (Fsp3) is 0.909. The molecule has 0 aromatic rings. The number of nitrogens with zero attached hydrogens (tertiary/aromatic N) is 1. The van der Waals surface area contributed by atoms with Crippen LogP contribution in [-0.4, -0.2) is 29.6 Å². The van der Waals surface area contributed by atoms with E-state index < -0.39 is 0 Å². The number of nitrogens with one attached hydrogen (secondary N) is 1. The molecule has 0 aromatic heterocycles. The summed E-state index contributed by atoms with van der Waals surface area (Å²) in [7, 11) is 0. The average molecular weight is 196 g/mol. The number of hydrogen-bond donors (Lipinski definition) is 1. The Balaban J connectivity index is 1.90. The lowest BCUT2D eigenvalue weighted by molar-refractivity contribution is 0.178. The zero-order valence-electron chi connectivity index (χ0n) is 9.12. The third-order valence-corrected chi connectivity index (χ3v) is 3.23. The minimum atomic E-state index is 0.170. The van der Waals surface area contributed by atoms with Crippen LogP contribution >= 0.6 is 0 Å². The summed E-state index contributed by atoms with van der Waals surface area (Å²) >= 11 is 0. The van der Waals surface area contributed by atoms with Gasteiger partial charge in [-0.1, -0.05) is 13.8 Å². The van der Waals surface area contributed by atoms with Crippen molar-refractivity contribution < 1.29 is 4.79 Å². The Hall–Kier alpha value is -0.730. The lowest BCUT2D eigenvalue weighted by Crippen LogP contribution is -2.45. The number of carbonyl (C=O) groups is 1. The summed E-state index contributed by atoms with van der Waals surface area (Å²) in [6, 6.07) is 1.12. The number of likely N-dealkylation sites (tertiary alicyclic amines) is 1. The molecular weight excluding hydrogens is 176 g/mol. The van der Waals surface area contributed by atoms with Crippen molar-refractivity contribution in [3.63, 3.8) is 0 Å². The maximum atomic E-state index is 11.8. The molecule has 1 N–H and O–H groups in total. The molecule has 80 valence electrons. The fourth-order valence-corrected chi connectivity index (χ4v) is 2.22. The SMILES string of the molecule is CC(C)C1CCCN1C(=O)NC1CC1. The Bertz CT molecular complexity index is 223. The molecule has 1 aliphatic carbocycles. The summed E-state index contributed by atoms with van der Waals surface area (Å²) < 4.78 is 0. The second kappa shape index (κ2) is 3.79. The Kier molecular flexibility index (Phi) is 2.66. The first-order chi connectivity index (χ1) is 6.68. The summed E-state index contributed by atoms with van der Waals surface area (Å²) in [6.07, 6.45) is 4.69. The van der Waals surface area contributed by atoms with E-state index in [0.717, 1.165) is 6.54 Å². The van der Waals surface area contributed by atoms with E-state index in [9.17, 15) is 4.79 Å². The van der Waals surface area contributed by atoms with Crippen molar-refractivity contribution in [1.82, 2.24) is 10.2 Å². The quantitative estimate of drug-likeness (QED) is 0.719. The van der Waals surface area contributed by atoms with Crippen LogP contribution in [0.1, 0.15) is 39.5 Å².